The van der Waals surface area contributed by atoms with Gasteiger partial charge in [0.1, 0.15) is 0 Å². The van der Waals surface area contributed by atoms with E-state index in [1.54, 1.807) is 0 Å². The van der Waals surface area contributed by atoms with E-state index in [1.165, 1.54) is 38.8 Å². The molecule has 0 atom stereocenters. The summed E-state index contributed by atoms with van der Waals surface area (Å²) in [4.78, 5) is 0. The average molecular weight is 156 g/mol. The van der Waals surface area contributed by atoms with Crippen LogP contribution in [0.1, 0.15) is 25.7 Å². The number of nitrogens with two attached hydrogens (primary N) is 1. The lowest BCUT2D eigenvalue weighted by Crippen LogP contribution is -2.87. The summed E-state index contributed by atoms with van der Waals surface area (Å²) < 4.78 is 5.39. The van der Waals surface area contributed by atoms with E-state index >= 15 is 0 Å². The summed E-state index contributed by atoms with van der Waals surface area (Å²) in [7, 11) is 0. The summed E-state index contributed by atoms with van der Waals surface area (Å²) in [5.41, 5.74) is 0.701. The van der Waals surface area contributed by atoms with Crippen LogP contribution < -0.4 is 5.32 Å². The monoisotopic (exact) mass is 156 g/mol. The van der Waals surface area contributed by atoms with Gasteiger partial charge in [-0.15, -0.1) is 0 Å². The van der Waals surface area contributed by atoms with Crippen molar-refractivity contribution in [2.24, 2.45) is 5.41 Å². The normalized spacial score (nSPS) is 30.5. The van der Waals surface area contributed by atoms with Gasteiger partial charge in [0.25, 0.3) is 0 Å². The quantitative estimate of drug-likeness (QED) is 0.530. The van der Waals surface area contributed by atoms with Crippen LogP contribution in [0.15, 0.2) is 0 Å². The fraction of sp³-hybridized carbons (Fsp3) is 1.00. The Balaban J connectivity index is 1.94. The largest absolute Gasteiger partial charge is 0.381 e. The van der Waals surface area contributed by atoms with Crippen LogP contribution in [0.4, 0.5) is 0 Å². The first-order chi connectivity index (χ1) is 5.41. The lowest BCUT2D eigenvalue weighted by atomic mass is 9.73. The van der Waals surface area contributed by atoms with E-state index in [0.29, 0.717) is 5.41 Å². The smallest absolute Gasteiger partial charge is 0.0760 e. The number of rotatable bonds is 0. The highest BCUT2D eigenvalue weighted by Crippen LogP contribution is 2.37. The Kier molecular flexibility index (Phi) is 2.14. The predicted molar refractivity (Wildman–Crippen MR) is 43.4 cm³/mol. The second-order valence-corrected chi connectivity index (χ2v) is 3.98. The molecule has 0 unspecified atom stereocenters. The Labute approximate surface area is 68.3 Å². The Hall–Kier alpha value is -0.0800. The first-order valence-electron chi connectivity index (χ1n) is 4.81. The molecular formula is C9H18NO+. The van der Waals surface area contributed by atoms with Crippen LogP contribution in [0, 0.1) is 5.41 Å². The van der Waals surface area contributed by atoms with Gasteiger partial charge in [-0.05, 0) is 18.3 Å². The molecule has 1 spiro atoms. The third-order valence-corrected chi connectivity index (χ3v) is 3.31. The molecule has 64 valence electrons. The molecule has 2 rings (SSSR count). The minimum atomic E-state index is 0.701. The molecule has 2 nitrogen and oxygen atoms in total. The van der Waals surface area contributed by atoms with E-state index in [0.717, 1.165) is 13.2 Å². The van der Waals surface area contributed by atoms with Crippen LogP contribution in [-0.4, -0.2) is 26.3 Å². The van der Waals surface area contributed by atoms with Crippen LogP contribution in [0.5, 0.6) is 0 Å². The van der Waals surface area contributed by atoms with Gasteiger partial charge < -0.3 is 10.1 Å². The van der Waals surface area contributed by atoms with Gasteiger partial charge >= 0.3 is 0 Å². The van der Waals surface area contributed by atoms with Crippen molar-refractivity contribution in [3.63, 3.8) is 0 Å². The van der Waals surface area contributed by atoms with Crippen molar-refractivity contribution in [1.29, 1.82) is 0 Å². The zero-order valence-electron chi connectivity index (χ0n) is 7.14. The van der Waals surface area contributed by atoms with Gasteiger partial charge in [0.2, 0.25) is 0 Å². The van der Waals surface area contributed by atoms with Crippen molar-refractivity contribution in [2.75, 3.05) is 26.3 Å². The SMILES string of the molecule is C1CC2(CC[NH2+]1)CCOCC2. The Morgan fingerprint density at radius 2 is 1.55 bits per heavy atom. The molecule has 0 aromatic carbocycles. The fourth-order valence-corrected chi connectivity index (χ4v) is 2.39. The van der Waals surface area contributed by atoms with E-state index < -0.39 is 0 Å². The summed E-state index contributed by atoms with van der Waals surface area (Å²) in [5.74, 6) is 0. The zero-order valence-corrected chi connectivity index (χ0v) is 7.14. The van der Waals surface area contributed by atoms with E-state index in [1.807, 2.05) is 0 Å². The fourth-order valence-electron chi connectivity index (χ4n) is 2.39. The topological polar surface area (TPSA) is 25.8 Å². The molecular weight excluding hydrogens is 138 g/mol. The molecule has 2 heteroatoms. The molecule has 11 heavy (non-hydrogen) atoms. The number of ether oxygens (including phenoxy) is 1. The third kappa shape index (κ3) is 1.57. The maximum absolute atomic E-state index is 5.39. The number of hydrogen-bond donors (Lipinski definition) is 1. The average Bonchev–Trinajstić information content (AvgIpc) is 2.07. The molecule has 2 saturated heterocycles. The molecule has 2 aliphatic heterocycles. The molecule has 0 aromatic heterocycles. The Bertz CT molecular complexity index is 104. The molecule has 0 saturated carbocycles. The van der Waals surface area contributed by atoms with Crippen LogP contribution in [0.25, 0.3) is 0 Å². The molecule has 2 heterocycles. The lowest BCUT2D eigenvalue weighted by molar-refractivity contribution is -0.668. The molecule has 0 aromatic rings. The summed E-state index contributed by atoms with van der Waals surface area (Å²) in [6.07, 6.45) is 5.49. The van der Waals surface area contributed by atoms with Crippen LogP contribution in [0.2, 0.25) is 0 Å². The van der Waals surface area contributed by atoms with Crippen LogP contribution >= 0.6 is 0 Å². The van der Waals surface area contributed by atoms with Gasteiger partial charge in [0, 0.05) is 26.1 Å². The van der Waals surface area contributed by atoms with Gasteiger partial charge in [-0.25, -0.2) is 0 Å². The highest BCUT2D eigenvalue weighted by atomic mass is 16.5. The second-order valence-electron chi connectivity index (χ2n) is 3.98. The lowest BCUT2D eigenvalue weighted by Gasteiger charge is -2.38. The first kappa shape index (κ1) is 7.56. The van der Waals surface area contributed by atoms with Crippen LogP contribution in [-0.2, 0) is 4.74 Å². The van der Waals surface area contributed by atoms with Gasteiger partial charge in [0.05, 0.1) is 13.1 Å². The Morgan fingerprint density at radius 3 is 2.18 bits per heavy atom. The van der Waals surface area contributed by atoms with Gasteiger partial charge in [-0.3, -0.25) is 0 Å². The molecule has 2 fully saturated rings. The number of hydrogen-bond acceptors (Lipinski definition) is 1. The molecule has 0 amide bonds. The third-order valence-electron chi connectivity index (χ3n) is 3.31. The van der Waals surface area contributed by atoms with Gasteiger partial charge in [-0.2, -0.15) is 0 Å². The van der Waals surface area contributed by atoms with E-state index in [9.17, 15) is 0 Å². The molecule has 0 bridgehead atoms. The van der Waals surface area contributed by atoms with Crippen molar-refractivity contribution in [3.8, 4) is 0 Å². The Morgan fingerprint density at radius 1 is 0.909 bits per heavy atom. The molecule has 2 N–H and O–H groups in total. The summed E-state index contributed by atoms with van der Waals surface area (Å²) >= 11 is 0. The minimum Gasteiger partial charge on any atom is -0.381 e. The van der Waals surface area contributed by atoms with Gasteiger partial charge in [-0.1, -0.05) is 0 Å². The van der Waals surface area contributed by atoms with E-state index in [2.05, 4.69) is 5.32 Å². The number of piperidine rings is 1. The minimum absolute atomic E-state index is 0.701. The highest BCUT2D eigenvalue weighted by Gasteiger charge is 2.35. The zero-order chi connectivity index (χ0) is 7.57. The first-order valence-corrected chi connectivity index (χ1v) is 4.81. The molecule has 0 aliphatic carbocycles. The molecule has 0 radical (unpaired) electrons. The highest BCUT2D eigenvalue weighted by molar-refractivity contribution is 4.82. The summed E-state index contributed by atoms with van der Waals surface area (Å²) in [6.45, 7) is 4.72. The predicted octanol–water partition coefficient (Wildman–Crippen LogP) is 0.140. The molecule has 2 aliphatic rings. The number of quaternary nitrogens is 1. The van der Waals surface area contributed by atoms with Crippen molar-refractivity contribution in [3.05, 3.63) is 0 Å². The van der Waals surface area contributed by atoms with Crippen molar-refractivity contribution < 1.29 is 10.1 Å². The van der Waals surface area contributed by atoms with E-state index in [-0.39, 0.29) is 0 Å². The van der Waals surface area contributed by atoms with Crippen molar-refractivity contribution >= 4 is 0 Å². The summed E-state index contributed by atoms with van der Waals surface area (Å²) in [5, 5.41) is 2.45. The second kappa shape index (κ2) is 3.11. The maximum atomic E-state index is 5.39. The standard InChI is InChI=1S/C9H17NO/c1-5-10-6-2-9(1)3-7-11-8-4-9/h10H,1-8H2/p+1. The van der Waals surface area contributed by atoms with Crippen molar-refractivity contribution in [1.82, 2.24) is 0 Å². The van der Waals surface area contributed by atoms with Crippen molar-refractivity contribution in [2.45, 2.75) is 25.7 Å². The van der Waals surface area contributed by atoms with Crippen LogP contribution in [0.3, 0.4) is 0 Å². The van der Waals surface area contributed by atoms with E-state index in [4.69, 9.17) is 4.74 Å². The maximum Gasteiger partial charge on any atom is 0.0760 e. The van der Waals surface area contributed by atoms with Gasteiger partial charge in [0.15, 0.2) is 0 Å². The summed E-state index contributed by atoms with van der Waals surface area (Å²) in [6, 6.07) is 0.